The molecule has 2 aromatic carbocycles. The molecule has 0 aromatic heterocycles. The van der Waals surface area contributed by atoms with E-state index in [-0.39, 0.29) is 5.69 Å². The summed E-state index contributed by atoms with van der Waals surface area (Å²) >= 11 is 5.99. The van der Waals surface area contributed by atoms with E-state index in [1.807, 2.05) is 0 Å². The molecule has 5 nitrogen and oxygen atoms in total. The maximum Gasteiger partial charge on any atom is 0.247 e. The number of nitrogens with two attached hydrogens (primary N) is 1. The zero-order chi connectivity index (χ0) is 17.5. The van der Waals surface area contributed by atoms with Crippen LogP contribution < -0.4 is 10.6 Å². The number of benzene rings is 2. The lowest BCUT2D eigenvalue weighted by Gasteiger charge is -2.26. The van der Waals surface area contributed by atoms with Crippen LogP contribution in [0.3, 0.4) is 0 Å². The van der Waals surface area contributed by atoms with E-state index >= 15 is 0 Å². The van der Waals surface area contributed by atoms with E-state index in [9.17, 15) is 19.1 Å². The topological polar surface area (TPSA) is 83.6 Å². The van der Waals surface area contributed by atoms with Gasteiger partial charge in [0.25, 0.3) is 0 Å². The Morgan fingerprint density at radius 2 is 1.83 bits per heavy atom. The van der Waals surface area contributed by atoms with E-state index in [0.717, 1.165) is 12.1 Å². The van der Waals surface area contributed by atoms with Gasteiger partial charge in [-0.1, -0.05) is 17.7 Å². The Morgan fingerprint density at radius 3 is 2.38 bits per heavy atom. The molecule has 1 aliphatic rings. The van der Waals surface area contributed by atoms with Gasteiger partial charge in [-0.25, -0.2) is 4.39 Å². The second-order valence-corrected chi connectivity index (χ2v) is 6.14. The van der Waals surface area contributed by atoms with Crippen LogP contribution in [-0.2, 0) is 9.59 Å². The van der Waals surface area contributed by atoms with Crippen LogP contribution in [0.25, 0.3) is 0 Å². The van der Waals surface area contributed by atoms with E-state index in [2.05, 4.69) is 0 Å². The minimum atomic E-state index is -1.28. The molecule has 0 radical (unpaired) electrons. The average Bonchev–Trinajstić information content (AvgIpc) is 3.33. The Kier molecular flexibility index (Phi) is 3.93. The molecule has 3 N–H and O–H groups in total. The first-order chi connectivity index (χ1) is 11.3. The number of carbonyl (C=O) groups excluding carboxylic acids is 2. The van der Waals surface area contributed by atoms with Crippen molar-refractivity contribution in [3.05, 3.63) is 53.3 Å². The maximum atomic E-state index is 13.8. The molecule has 0 unspecified atom stereocenters. The van der Waals surface area contributed by atoms with Crippen molar-refractivity contribution in [3.63, 3.8) is 0 Å². The first-order valence-corrected chi connectivity index (χ1v) is 7.61. The van der Waals surface area contributed by atoms with Gasteiger partial charge in [0.1, 0.15) is 5.41 Å². The number of rotatable bonds is 4. The van der Waals surface area contributed by atoms with E-state index in [0.29, 0.717) is 23.6 Å². The minimum Gasteiger partial charge on any atom is -0.505 e. The molecule has 1 aliphatic carbocycles. The predicted octanol–water partition coefficient (Wildman–Crippen LogP) is 3.11. The fraction of sp³-hybridized carbons (Fsp3) is 0.176. The summed E-state index contributed by atoms with van der Waals surface area (Å²) in [7, 11) is 0. The van der Waals surface area contributed by atoms with Gasteiger partial charge in [-0.2, -0.15) is 0 Å². The van der Waals surface area contributed by atoms with Crippen LogP contribution >= 0.6 is 11.6 Å². The molecule has 0 atom stereocenters. The molecule has 0 saturated heterocycles. The zero-order valence-corrected chi connectivity index (χ0v) is 13.3. The Balaban J connectivity index is 2.12. The van der Waals surface area contributed by atoms with Crippen molar-refractivity contribution in [2.45, 2.75) is 12.8 Å². The van der Waals surface area contributed by atoms with Crippen molar-refractivity contribution in [1.29, 1.82) is 0 Å². The molecule has 3 rings (SSSR count). The van der Waals surface area contributed by atoms with E-state index in [4.69, 9.17) is 17.3 Å². The SMILES string of the molecule is NC(=O)C1(C(=O)N(c2cccc(Cl)c2)c2ccc(O)c(F)c2)CC1. The van der Waals surface area contributed by atoms with Gasteiger partial charge < -0.3 is 10.8 Å². The van der Waals surface area contributed by atoms with Gasteiger partial charge in [-0.05, 0) is 43.2 Å². The first-order valence-electron chi connectivity index (χ1n) is 7.24. The van der Waals surface area contributed by atoms with E-state index in [1.54, 1.807) is 18.2 Å². The molecular weight excluding hydrogens is 335 g/mol. The number of aromatic hydroxyl groups is 1. The average molecular weight is 349 g/mol. The predicted molar refractivity (Wildman–Crippen MR) is 87.5 cm³/mol. The largest absolute Gasteiger partial charge is 0.505 e. The number of hydrogen-bond acceptors (Lipinski definition) is 3. The summed E-state index contributed by atoms with van der Waals surface area (Å²) in [4.78, 5) is 25.9. The Bertz CT molecular complexity index is 836. The summed E-state index contributed by atoms with van der Waals surface area (Å²) in [6.07, 6.45) is 0.692. The molecule has 7 heteroatoms. The molecule has 24 heavy (non-hydrogen) atoms. The standard InChI is InChI=1S/C17H14ClFN2O3/c18-10-2-1-3-11(8-10)21(12-4-5-14(22)13(19)9-12)16(24)17(6-7-17)15(20)23/h1-5,8-9,22H,6-7H2,(H2,20,23). The lowest BCUT2D eigenvalue weighted by atomic mass is 10.0. The summed E-state index contributed by atoms with van der Waals surface area (Å²) < 4.78 is 13.8. The number of nitrogens with zero attached hydrogens (tertiary/aromatic N) is 1. The minimum absolute atomic E-state index is 0.171. The van der Waals surface area contributed by atoms with Crippen molar-refractivity contribution < 1.29 is 19.1 Å². The molecule has 1 saturated carbocycles. The summed E-state index contributed by atoms with van der Waals surface area (Å²) in [5.41, 5.74) is 4.65. The van der Waals surface area contributed by atoms with Gasteiger partial charge in [-0.3, -0.25) is 14.5 Å². The Labute approximate surface area is 142 Å². The Hall–Kier alpha value is -2.60. The normalized spacial score (nSPS) is 14.9. The van der Waals surface area contributed by atoms with Crippen molar-refractivity contribution >= 4 is 34.8 Å². The van der Waals surface area contributed by atoms with Crippen molar-refractivity contribution in [2.24, 2.45) is 11.1 Å². The molecule has 1 fully saturated rings. The lowest BCUT2D eigenvalue weighted by Crippen LogP contribution is -2.41. The summed E-state index contributed by atoms with van der Waals surface area (Å²) in [6.45, 7) is 0. The Morgan fingerprint density at radius 1 is 1.17 bits per heavy atom. The number of phenolic OH excluding ortho intramolecular Hbond substituents is 1. The molecule has 0 heterocycles. The quantitative estimate of drug-likeness (QED) is 0.833. The number of phenols is 1. The highest BCUT2D eigenvalue weighted by Crippen LogP contribution is 2.49. The van der Waals surface area contributed by atoms with Gasteiger partial charge in [-0.15, -0.1) is 0 Å². The molecule has 0 aliphatic heterocycles. The number of amides is 2. The molecule has 124 valence electrons. The summed E-state index contributed by atoms with van der Waals surface area (Å²) in [5.74, 6) is -2.66. The highest BCUT2D eigenvalue weighted by Gasteiger charge is 2.57. The highest BCUT2D eigenvalue weighted by atomic mass is 35.5. The third-order valence-corrected chi connectivity index (χ3v) is 4.33. The lowest BCUT2D eigenvalue weighted by molar-refractivity contribution is -0.133. The second kappa shape index (κ2) is 5.79. The van der Waals surface area contributed by atoms with Gasteiger partial charge in [0.15, 0.2) is 11.6 Å². The molecule has 2 amide bonds. The van der Waals surface area contributed by atoms with E-state index in [1.165, 1.54) is 17.0 Å². The third-order valence-electron chi connectivity index (χ3n) is 4.09. The number of carbonyl (C=O) groups is 2. The number of hydrogen-bond donors (Lipinski definition) is 2. The first kappa shape index (κ1) is 16.3. The van der Waals surface area contributed by atoms with Gasteiger partial charge in [0.2, 0.25) is 11.8 Å². The van der Waals surface area contributed by atoms with Crippen LogP contribution in [-0.4, -0.2) is 16.9 Å². The van der Waals surface area contributed by atoms with Gasteiger partial charge >= 0.3 is 0 Å². The molecule has 0 spiro atoms. The molecular formula is C17H14ClFN2O3. The second-order valence-electron chi connectivity index (χ2n) is 5.70. The smallest absolute Gasteiger partial charge is 0.247 e. The van der Waals surface area contributed by atoms with Crippen molar-refractivity contribution in [3.8, 4) is 5.75 Å². The zero-order valence-electron chi connectivity index (χ0n) is 12.5. The summed E-state index contributed by atoms with van der Waals surface area (Å²) in [6, 6.07) is 9.95. The van der Waals surface area contributed by atoms with Gasteiger partial charge in [0.05, 0.1) is 11.4 Å². The fourth-order valence-corrected chi connectivity index (χ4v) is 2.72. The van der Waals surface area contributed by atoms with Crippen LogP contribution in [0.4, 0.5) is 15.8 Å². The highest BCUT2D eigenvalue weighted by molar-refractivity contribution is 6.31. The van der Waals surface area contributed by atoms with Crippen LogP contribution in [0.1, 0.15) is 12.8 Å². The van der Waals surface area contributed by atoms with Crippen LogP contribution in [0, 0.1) is 11.2 Å². The third kappa shape index (κ3) is 2.69. The number of anilines is 2. The van der Waals surface area contributed by atoms with Crippen LogP contribution in [0.2, 0.25) is 5.02 Å². The molecule has 0 bridgehead atoms. The molecule has 2 aromatic rings. The van der Waals surface area contributed by atoms with Gasteiger partial charge in [0, 0.05) is 11.1 Å². The summed E-state index contributed by atoms with van der Waals surface area (Å²) in [5, 5.41) is 9.75. The maximum absolute atomic E-state index is 13.8. The van der Waals surface area contributed by atoms with E-state index < -0.39 is 28.8 Å². The fourth-order valence-electron chi connectivity index (χ4n) is 2.54. The number of halogens is 2. The monoisotopic (exact) mass is 348 g/mol. The van der Waals surface area contributed by atoms with Crippen LogP contribution in [0.5, 0.6) is 5.75 Å². The number of primary amides is 1. The van der Waals surface area contributed by atoms with Crippen LogP contribution in [0.15, 0.2) is 42.5 Å². The van der Waals surface area contributed by atoms with Crippen molar-refractivity contribution in [1.82, 2.24) is 0 Å². The van der Waals surface area contributed by atoms with Crippen molar-refractivity contribution in [2.75, 3.05) is 4.90 Å².